The van der Waals surface area contributed by atoms with Gasteiger partial charge >= 0.3 is 6.09 Å². The van der Waals surface area contributed by atoms with Gasteiger partial charge in [0.15, 0.2) is 0 Å². The van der Waals surface area contributed by atoms with Gasteiger partial charge in [-0.3, -0.25) is 4.90 Å². The molecular weight excluding hydrogens is 425 g/mol. The summed E-state index contributed by atoms with van der Waals surface area (Å²) in [4.78, 5) is 21.5. The highest BCUT2D eigenvalue weighted by molar-refractivity contribution is 6.29. The van der Waals surface area contributed by atoms with E-state index in [0.29, 0.717) is 6.92 Å². The Bertz CT molecular complexity index is 955. The maximum atomic E-state index is 14.4. The Labute approximate surface area is 175 Å². The standard InChI is InChI=1S/C19H20ClF3N4O3/c1-9(12-5-4-11(6-13(12)21)19(3,22)23)24-17-25-15(20)7-16(26-17)27-14(10(2)28)8-30-18(27)29/h4-7,9-10,14,28H,8H2,1-3H3,(H,24,25,26)/t9-,10+,14?/m0/s1. The number of aromatic nitrogens is 2. The second-order valence-corrected chi connectivity index (χ2v) is 7.51. The van der Waals surface area contributed by atoms with Gasteiger partial charge in [-0.05, 0) is 19.9 Å². The van der Waals surface area contributed by atoms with Crippen LogP contribution in [0.4, 0.5) is 29.7 Å². The number of carbonyl (C=O) groups is 1. The molecule has 7 nitrogen and oxygen atoms in total. The van der Waals surface area contributed by atoms with Crippen molar-refractivity contribution in [2.75, 3.05) is 16.8 Å². The van der Waals surface area contributed by atoms with E-state index >= 15 is 0 Å². The number of ether oxygens (including phenoxy) is 1. The molecule has 3 rings (SSSR count). The van der Waals surface area contributed by atoms with Crippen molar-refractivity contribution in [2.45, 2.75) is 44.9 Å². The first kappa shape index (κ1) is 22.1. The Hall–Kier alpha value is -2.59. The quantitative estimate of drug-likeness (QED) is 0.647. The average molecular weight is 445 g/mol. The number of aliphatic hydroxyl groups excluding tert-OH is 1. The fourth-order valence-electron chi connectivity index (χ4n) is 3.07. The fraction of sp³-hybridized carbons (Fsp3) is 0.421. The molecule has 1 unspecified atom stereocenters. The monoisotopic (exact) mass is 444 g/mol. The van der Waals surface area contributed by atoms with Gasteiger partial charge in [0.25, 0.3) is 5.92 Å². The smallest absolute Gasteiger partial charge is 0.416 e. The number of nitrogens with zero attached hydrogens (tertiary/aromatic N) is 3. The molecule has 30 heavy (non-hydrogen) atoms. The normalized spacial score (nSPS) is 18.9. The molecule has 3 atom stereocenters. The molecule has 2 heterocycles. The number of nitrogens with one attached hydrogen (secondary N) is 1. The van der Waals surface area contributed by atoms with E-state index in [2.05, 4.69) is 15.3 Å². The first-order valence-corrected chi connectivity index (χ1v) is 9.48. The summed E-state index contributed by atoms with van der Waals surface area (Å²) in [6.07, 6.45) is -1.58. The summed E-state index contributed by atoms with van der Waals surface area (Å²) in [5.41, 5.74) is -0.315. The van der Waals surface area contributed by atoms with Gasteiger partial charge in [0.05, 0.1) is 12.1 Å². The molecule has 1 fully saturated rings. The third-order valence-corrected chi connectivity index (χ3v) is 4.90. The summed E-state index contributed by atoms with van der Waals surface area (Å²) in [5, 5.41) is 12.7. The van der Waals surface area contributed by atoms with E-state index in [1.54, 1.807) is 6.92 Å². The summed E-state index contributed by atoms with van der Waals surface area (Å²) in [7, 11) is 0. The van der Waals surface area contributed by atoms with E-state index in [1.165, 1.54) is 19.1 Å². The van der Waals surface area contributed by atoms with Gasteiger partial charge in [-0.1, -0.05) is 23.7 Å². The third-order valence-electron chi connectivity index (χ3n) is 4.71. The molecule has 162 valence electrons. The van der Waals surface area contributed by atoms with E-state index in [9.17, 15) is 23.1 Å². The predicted molar refractivity (Wildman–Crippen MR) is 104 cm³/mol. The summed E-state index contributed by atoms with van der Waals surface area (Å²) in [6.45, 7) is 3.77. The average Bonchev–Trinajstić information content (AvgIpc) is 3.02. The Morgan fingerprint density at radius 2 is 2.03 bits per heavy atom. The molecular formula is C19H20ClF3N4O3. The van der Waals surface area contributed by atoms with Crippen molar-refractivity contribution < 1.29 is 27.8 Å². The second kappa shape index (κ2) is 8.27. The highest BCUT2D eigenvalue weighted by Gasteiger charge is 2.38. The lowest BCUT2D eigenvalue weighted by Gasteiger charge is -2.23. The molecule has 0 aliphatic carbocycles. The molecule has 0 radical (unpaired) electrons. The van der Waals surface area contributed by atoms with Crippen LogP contribution < -0.4 is 10.2 Å². The van der Waals surface area contributed by atoms with Gasteiger partial charge in [0, 0.05) is 24.1 Å². The SMILES string of the molecule is C[C@H](Nc1nc(Cl)cc(N2C(=O)OCC2[C@@H](C)O)n1)c1ccc(C(C)(F)F)cc1F. The largest absolute Gasteiger partial charge is 0.447 e. The molecule has 0 bridgehead atoms. The molecule has 1 aromatic heterocycles. The van der Waals surface area contributed by atoms with Crippen LogP contribution in [0.15, 0.2) is 24.3 Å². The minimum atomic E-state index is -3.16. The number of hydrogen-bond donors (Lipinski definition) is 2. The molecule has 1 saturated heterocycles. The molecule has 1 aromatic carbocycles. The Morgan fingerprint density at radius 1 is 1.33 bits per heavy atom. The van der Waals surface area contributed by atoms with Crippen LogP contribution in [0.3, 0.4) is 0 Å². The Kier molecular flexibility index (Phi) is 6.09. The van der Waals surface area contributed by atoms with Gasteiger partial charge < -0.3 is 15.2 Å². The molecule has 2 aromatic rings. The topological polar surface area (TPSA) is 87.6 Å². The minimum absolute atomic E-state index is 0.000174. The van der Waals surface area contributed by atoms with Crippen LogP contribution in [0, 0.1) is 5.82 Å². The van der Waals surface area contributed by atoms with Crippen molar-refractivity contribution in [3.63, 3.8) is 0 Å². The van der Waals surface area contributed by atoms with Crippen LogP contribution in [-0.4, -0.2) is 39.9 Å². The van der Waals surface area contributed by atoms with Crippen LogP contribution in [0.1, 0.15) is 37.9 Å². The first-order chi connectivity index (χ1) is 14.0. The van der Waals surface area contributed by atoms with E-state index in [-0.39, 0.29) is 29.1 Å². The Morgan fingerprint density at radius 3 is 2.63 bits per heavy atom. The number of halogens is 4. The summed E-state index contributed by atoms with van der Waals surface area (Å²) < 4.78 is 46.1. The van der Waals surface area contributed by atoms with Crippen LogP contribution in [0.25, 0.3) is 0 Å². The van der Waals surface area contributed by atoms with Gasteiger partial charge in [-0.15, -0.1) is 0 Å². The number of cyclic esters (lactones) is 1. The van der Waals surface area contributed by atoms with Crippen molar-refractivity contribution in [3.05, 3.63) is 46.4 Å². The number of anilines is 2. The first-order valence-electron chi connectivity index (χ1n) is 9.10. The van der Waals surface area contributed by atoms with Crippen LogP contribution in [0.5, 0.6) is 0 Å². The van der Waals surface area contributed by atoms with E-state index in [4.69, 9.17) is 16.3 Å². The number of rotatable bonds is 6. The van der Waals surface area contributed by atoms with Crippen molar-refractivity contribution in [2.24, 2.45) is 0 Å². The lowest BCUT2D eigenvalue weighted by molar-refractivity contribution is 0.0171. The number of amides is 1. The highest BCUT2D eigenvalue weighted by Crippen LogP contribution is 2.31. The van der Waals surface area contributed by atoms with E-state index in [0.717, 1.165) is 17.0 Å². The molecule has 0 spiro atoms. The zero-order chi connectivity index (χ0) is 22.2. The van der Waals surface area contributed by atoms with Gasteiger partial charge in [-0.25, -0.2) is 22.9 Å². The number of benzene rings is 1. The van der Waals surface area contributed by atoms with Crippen LogP contribution >= 0.6 is 11.6 Å². The zero-order valence-electron chi connectivity index (χ0n) is 16.4. The summed E-state index contributed by atoms with van der Waals surface area (Å²) >= 11 is 6.05. The maximum absolute atomic E-state index is 14.4. The van der Waals surface area contributed by atoms with Crippen molar-refractivity contribution in [1.82, 2.24) is 9.97 Å². The lowest BCUT2D eigenvalue weighted by atomic mass is 10.0. The van der Waals surface area contributed by atoms with E-state index < -0.39 is 41.6 Å². The number of carbonyl (C=O) groups excluding carboxylic acids is 1. The van der Waals surface area contributed by atoms with Gasteiger partial charge in [0.2, 0.25) is 5.95 Å². The summed E-state index contributed by atoms with van der Waals surface area (Å²) in [5.74, 6) is -3.89. The fourth-order valence-corrected chi connectivity index (χ4v) is 3.25. The van der Waals surface area contributed by atoms with Crippen molar-refractivity contribution in [3.8, 4) is 0 Å². The Balaban J connectivity index is 1.86. The maximum Gasteiger partial charge on any atom is 0.416 e. The van der Waals surface area contributed by atoms with Crippen LogP contribution in [-0.2, 0) is 10.7 Å². The number of alkyl halides is 2. The minimum Gasteiger partial charge on any atom is -0.447 e. The van der Waals surface area contributed by atoms with Gasteiger partial charge in [0.1, 0.15) is 29.4 Å². The molecule has 0 saturated carbocycles. The number of aliphatic hydroxyl groups is 1. The van der Waals surface area contributed by atoms with Gasteiger partial charge in [-0.2, -0.15) is 4.98 Å². The molecule has 1 aliphatic heterocycles. The zero-order valence-corrected chi connectivity index (χ0v) is 17.1. The van der Waals surface area contributed by atoms with Crippen molar-refractivity contribution >= 4 is 29.5 Å². The second-order valence-electron chi connectivity index (χ2n) is 7.12. The third kappa shape index (κ3) is 4.59. The van der Waals surface area contributed by atoms with Crippen LogP contribution in [0.2, 0.25) is 5.15 Å². The number of hydrogen-bond acceptors (Lipinski definition) is 6. The summed E-state index contributed by atoms with van der Waals surface area (Å²) in [6, 6.07) is 3.16. The van der Waals surface area contributed by atoms with E-state index in [1.807, 2.05) is 0 Å². The van der Waals surface area contributed by atoms with Crippen molar-refractivity contribution in [1.29, 1.82) is 0 Å². The molecule has 1 amide bonds. The lowest BCUT2D eigenvalue weighted by Crippen LogP contribution is -2.41. The predicted octanol–water partition coefficient (Wildman–Crippen LogP) is 4.26. The highest BCUT2D eigenvalue weighted by atomic mass is 35.5. The molecule has 1 aliphatic rings. The molecule has 2 N–H and O–H groups in total. The molecule has 11 heteroatoms.